The van der Waals surface area contributed by atoms with Crippen LogP contribution in [0.25, 0.3) is 0 Å². The Bertz CT molecular complexity index is 329. The van der Waals surface area contributed by atoms with Gasteiger partial charge in [0.05, 0.1) is 6.61 Å². The molecular formula is C12H18N2O3. The number of aliphatic hydroxyl groups excluding tert-OH is 1. The number of carboxylic acid groups (broad SMARTS) is 1. The molecule has 5 nitrogen and oxygen atoms in total. The van der Waals surface area contributed by atoms with E-state index in [1.54, 1.807) is 12.3 Å². The minimum atomic E-state index is -1.24. The summed E-state index contributed by atoms with van der Waals surface area (Å²) in [6.45, 7) is 3.41. The van der Waals surface area contributed by atoms with Crippen LogP contribution in [0.3, 0.4) is 0 Å². The van der Waals surface area contributed by atoms with Gasteiger partial charge in [-0.05, 0) is 24.8 Å². The zero-order valence-corrected chi connectivity index (χ0v) is 9.96. The fraction of sp³-hybridized carbons (Fsp3) is 0.500. The number of aliphatic carboxylic acids is 1. The Hall–Kier alpha value is -1.80. The first-order valence-electron chi connectivity index (χ1n) is 5.52. The number of allylic oxidation sites excluding steroid dienone is 2. The molecule has 0 amide bonds. The number of nitriles is 1. The van der Waals surface area contributed by atoms with Crippen molar-refractivity contribution in [2.75, 3.05) is 19.7 Å². The molecule has 0 aromatic rings. The number of aliphatic hydroxyl groups is 1. The summed E-state index contributed by atoms with van der Waals surface area (Å²) >= 11 is 0. The van der Waals surface area contributed by atoms with Crippen molar-refractivity contribution in [3.8, 4) is 6.07 Å². The molecule has 0 rings (SSSR count). The van der Waals surface area contributed by atoms with Crippen molar-refractivity contribution in [2.45, 2.75) is 19.8 Å². The quantitative estimate of drug-likeness (QED) is 0.376. The van der Waals surface area contributed by atoms with Gasteiger partial charge in [-0.3, -0.25) is 0 Å². The number of hydrogen-bond donors (Lipinski definition) is 2. The summed E-state index contributed by atoms with van der Waals surface area (Å²) in [6, 6.07) is 1.59. The second kappa shape index (κ2) is 9.43. The van der Waals surface area contributed by atoms with Gasteiger partial charge in [0, 0.05) is 13.1 Å². The smallest absolute Gasteiger partial charge is 0.346 e. The maximum absolute atomic E-state index is 10.5. The Morgan fingerprint density at radius 1 is 1.47 bits per heavy atom. The third kappa shape index (κ3) is 7.14. The maximum Gasteiger partial charge on any atom is 0.346 e. The van der Waals surface area contributed by atoms with Crippen LogP contribution in [0.1, 0.15) is 19.8 Å². The summed E-state index contributed by atoms with van der Waals surface area (Å²) in [5.41, 5.74) is -0.305. The number of nitrogens with zero attached hydrogens (tertiary/aromatic N) is 2. The Morgan fingerprint density at radius 2 is 2.18 bits per heavy atom. The van der Waals surface area contributed by atoms with E-state index in [9.17, 15) is 4.79 Å². The van der Waals surface area contributed by atoms with Crippen molar-refractivity contribution >= 4 is 5.97 Å². The van der Waals surface area contributed by atoms with Gasteiger partial charge in [0.1, 0.15) is 11.6 Å². The lowest BCUT2D eigenvalue weighted by Gasteiger charge is -2.18. The molecule has 94 valence electrons. The van der Waals surface area contributed by atoms with Gasteiger partial charge in [-0.15, -0.1) is 0 Å². The van der Waals surface area contributed by atoms with Crippen molar-refractivity contribution in [2.24, 2.45) is 0 Å². The van der Waals surface area contributed by atoms with Gasteiger partial charge in [0.25, 0.3) is 0 Å². The van der Waals surface area contributed by atoms with Gasteiger partial charge in [0.2, 0.25) is 0 Å². The second-order valence-electron chi connectivity index (χ2n) is 3.45. The summed E-state index contributed by atoms with van der Waals surface area (Å²) in [5, 5.41) is 26.0. The molecule has 5 heteroatoms. The molecule has 0 spiro atoms. The van der Waals surface area contributed by atoms with E-state index in [4.69, 9.17) is 15.5 Å². The fourth-order valence-electron chi connectivity index (χ4n) is 1.17. The normalized spacial score (nSPS) is 11.5. The molecule has 0 saturated carbocycles. The fourth-order valence-corrected chi connectivity index (χ4v) is 1.17. The van der Waals surface area contributed by atoms with Gasteiger partial charge in [-0.2, -0.15) is 5.26 Å². The molecule has 2 N–H and O–H groups in total. The zero-order chi connectivity index (χ0) is 13.1. The predicted molar refractivity (Wildman–Crippen MR) is 64.0 cm³/mol. The maximum atomic E-state index is 10.5. The first-order chi connectivity index (χ1) is 8.15. The minimum absolute atomic E-state index is 0.0435. The third-order valence-electron chi connectivity index (χ3n) is 2.10. The van der Waals surface area contributed by atoms with E-state index >= 15 is 0 Å². The summed E-state index contributed by atoms with van der Waals surface area (Å²) in [6.07, 6.45) is 6.49. The molecule has 0 aliphatic heterocycles. The minimum Gasteiger partial charge on any atom is -0.477 e. The summed E-state index contributed by atoms with van der Waals surface area (Å²) in [7, 11) is 0. The van der Waals surface area contributed by atoms with Crippen LogP contribution in [0, 0.1) is 11.3 Å². The molecule has 0 heterocycles. The average molecular weight is 238 g/mol. The molecule has 0 aromatic heterocycles. The lowest BCUT2D eigenvalue weighted by molar-refractivity contribution is -0.132. The van der Waals surface area contributed by atoms with Gasteiger partial charge in [0.15, 0.2) is 0 Å². The van der Waals surface area contributed by atoms with Crippen LogP contribution in [0.4, 0.5) is 0 Å². The Morgan fingerprint density at radius 3 is 2.65 bits per heavy atom. The molecule has 0 unspecified atom stereocenters. The van der Waals surface area contributed by atoms with Crippen LogP contribution in [-0.4, -0.2) is 40.8 Å². The standard InChI is InChI=1S/C12H18N2O3/c1-2-3-6-14(8-9-15)7-4-5-11(10-13)12(16)17/h4-5,7,15H,2-3,6,8-9H2,1H3,(H,16,17)/b7-4+,11-5+. The van der Waals surface area contributed by atoms with Gasteiger partial charge in [-0.25, -0.2) is 4.79 Å². The Labute approximate surface area is 101 Å². The molecule has 0 fully saturated rings. The van der Waals surface area contributed by atoms with Gasteiger partial charge < -0.3 is 15.1 Å². The van der Waals surface area contributed by atoms with E-state index in [-0.39, 0.29) is 12.2 Å². The van der Waals surface area contributed by atoms with Crippen molar-refractivity contribution in [3.63, 3.8) is 0 Å². The monoisotopic (exact) mass is 238 g/mol. The molecule has 0 saturated heterocycles. The number of hydrogen-bond acceptors (Lipinski definition) is 4. The first kappa shape index (κ1) is 15.2. The van der Waals surface area contributed by atoms with Crippen LogP contribution in [0.15, 0.2) is 23.9 Å². The molecule has 0 aliphatic carbocycles. The first-order valence-corrected chi connectivity index (χ1v) is 5.52. The lowest BCUT2D eigenvalue weighted by Crippen LogP contribution is -2.22. The summed E-state index contributed by atoms with van der Waals surface area (Å²) < 4.78 is 0. The molecule has 0 atom stereocenters. The zero-order valence-electron chi connectivity index (χ0n) is 9.96. The lowest BCUT2D eigenvalue weighted by atomic mass is 10.2. The molecular weight excluding hydrogens is 220 g/mol. The highest BCUT2D eigenvalue weighted by Crippen LogP contribution is 1.98. The van der Waals surface area contributed by atoms with Crippen LogP contribution < -0.4 is 0 Å². The number of rotatable bonds is 8. The summed E-state index contributed by atoms with van der Waals surface area (Å²) in [4.78, 5) is 12.4. The van der Waals surface area contributed by atoms with E-state index in [2.05, 4.69) is 6.92 Å². The largest absolute Gasteiger partial charge is 0.477 e. The van der Waals surface area contributed by atoms with Crippen molar-refractivity contribution in [1.82, 2.24) is 4.90 Å². The van der Waals surface area contributed by atoms with E-state index < -0.39 is 5.97 Å². The van der Waals surface area contributed by atoms with Crippen molar-refractivity contribution in [1.29, 1.82) is 5.26 Å². The molecule has 0 bridgehead atoms. The molecule has 0 aliphatic rings. The highest BCUT2D eigenvalue weighted by atomic mass is 16.4. The average Bonchev–Trinajstić information content (AvgIpc) is 2.30. The highest BCUT2D eigenvalue weighted by molar-refractivity contribution is 5.91. The van der Waals surface area contributed by atoms with Crippen molar-refractivity contribution in [3.05, 3.63) is 23.9 Å². The highest BCUT2D eigenvalue weighted by Gasteiger charge is 2.03. The molecule has 0 aromatic carbocycles. The van der Waals surface area contributed by atoms with Crippen molar-refractivity contribution < 1.29 is 15.0 Å². The third-order valence-corrected chi connectivity index (χ3v) is 2.10. The van der Waals surface area contributed by atoms with E-state index in [1.807, 2.05) is 4.90 Å². The van der Waals surface area contributed by atoms with Crippen LogP contribution in [-0.2, 0) is 4.79 Å². The van der Waals surface area contributed by atoms with E-state index in [0.717, 1.165) is 19.4 Å². The molecule has 0 radical (unpaired) electrons. The second-order valence-corrected chi connectivity index (χ2v) is 3.45. The van der Waals surface area contributed by atoms with Crippen LogP contribution in [0.5, 0.6) is 0 Å². The van der Waals surface area contributed by atoms with Gasteiger partial charge >= 0.3 is 5.97 Å². The SMILES string of the molecule is CCCCN(/C=C/C=C(\C#N)C(=O)O)CCO. The van der Waals surface area contributed by atoms with Gasteiger partial charge in [-0.1, -0.05) is 13.3 Å². The Kier molecular flexibility index (Phi) is 8.43. The molecule has 17 heavy (non-hydrogen) atoms. The number of unbranched alkanes of at least 4 members (excludes halogenated alkanes) is 1. The Balaban J connectivity index is 4.43. The predicted octanol–water partition coefficient (Wildman–Crippen LogP) is 1.13. The van der Waals surface area contributed by atoms with E-state index in [1.165, 1.54) is 12.2 Å². The van der Waals surface area contributed by atoms with Crippen LogP contribution >= 0.6 is 0 Å². The topological polar surface area (TPSA) is 84.6 Å². The van der Waals surface area contributed by atoms with Crippen LogP contribution in [0.2, 0.25) is 0 Å². The van der Waals surface area contributed by atoms with E-state index in [0.29, 0.717) is 6.54 Å². The number of carboxylic acids is 1. The number of carbonyl (C=O) groups is 1. The summed E-state index contributed by atoms with van der Waals surface area (Å²) in [5.74, 6) is -1.24.